The molecule has 2 heterocycles. The molecule has 6 heteroatoms. The van der Waals surface area contributed by atoms with Crippen LogP contribution in [-0.4, -0.2) is 33.9 Å². The van der Waals surface area contributed by atoms with Gasteiger partial charge >= 0.3 is 0 Å². The Kier molecular flexibility index (Phi) is 5.55. The highest BCUT2D eigenvalue weighted by atomic mass is 19.1. The van der Waals surface area contributed by atoms with Gasteiger partial charge in [-0.25, -0.2) is 9.29 Å². The number of rotatable bonds is 5. The molecule has 1 saturated heterocycles. The van der Waals surface area contributed by atoms with Gasteiger partial charge in [-0.2, -0.15) is 0 Å². The van der Waals surface area contributed by atoms with Gasteiger partial charge in [0.1, 0.15) is 24.4 Å². The Bertz CT molecular complexity index is 1390. The van der Waals surface area contributed by atoms with Crippen LogP contribution in [0.3, 0.4) is 0 Å². The van der Waals surface area contributed by atoms with Gasteiger partial charge in [-0.05, 0) is 47.5 Å². The first-order chi connectivity index (χ1) is 17.6. The summed E-state index contributed by atoms with van der Waals surface area (Å²) in [6, 6.07) is 31.0. The fourth-order valence-corrected chi connectivity index (χ4v) is 5.49. The Hall–Kier alpha value is -4.00. The first kappa shape index (κ1) is 22.5. The standard InChI is InChI=1S/C30H25FN2O3/c31-24-14-10-22(11-15-24)28(34)32-18-19-33-29(35)26-8-4-5-9-27(26)30(32,33)23-12-16-25(17-13-23)36-20-21-6-2-1-3-7-21/h1-17,29,35H,18-20H2. The third-order valence-corrected chi connectivity index (χ3v) is 7.12. The van der Waals surface area contributed by atoms with Gasteiger partial charge in [0.15, 0.2) is 5.66 Å². The van der Waals surface area contributed by atoms with Crippen molar-refractivity contribution < 1.29 is 19.0 Å². The van der Waals surface area contributed by atoms with E-state index in [0.29, 0.717) is 31.0 Å². The number of ether oxygens (including phenoxy) is 1. The topological polar surface area (TPSA) is 53.0 Å². The number of hydrogen-bond acceptors (Lipinski definition) is 4. The van der Waals surface area contributed by atoms with Crippen LogP contribution < -0.4 is 4.74 Å². The number of halogens is 1. The van der Waals surface area contributed by atoms with Crippen LogP contribution in [0.4, 0.5) is 4.39 Å². The lowest BCUT2D eigenvalue weighted by atomic mass is 9.89. The monoisotopic (exact) mass is 480 g/mol. The number of benzene rings is 4. The van der Waals surface area contributed by atoms with Gasteiger partial charge in [0.05, 0.1) is 0 Å². The number of aliphatic hydroxyl groups excluding tert-OH is 1. The summed E-state index contributed by atoms with van der Waals surface area (Å²) in [5.74, 6) is 0.106. The number of nitrogens with zero attached hydrogens (tertiary/aromatic N) is 2. The van der Waals surface area contributed by atoms with Crippen molar-refractivity contribution in [3.63, 3.8) is 0 Å². The smallest absolute Gasteiger partial charge is 0.255 e. The molecule has 0 aliphatic carbocycles. The van der Waals surface area contributed by atoms with Gasteiger partial charge in [0.2, 0.25) is 0 Å². The van der Waals surface area contributed by atoms with Crippen LogP contribution in [0.2, 0.25) is 0 Å². The van der Waals surface area contributed by atoms with E-state index in [-0.39, 0.29) is 5.91 Å². The highest BCUT2D eigenvalue weighted by Gasteiger charge is 2.59. The van der Waals surface area contributed by atoms with Gasteiger partial charge in [0, 0.05) is 29.8 Å². The molecule has 0 aromatic heterocycles. The maximum absolute atomic E-state index is 13.8. The zero-order valence-electron chi connectivity index (χ0n) is 19.5. The van der Waals surface area contributed by atoms with E-state index in [9.17, 15) is 14.3 Å². The summed E-state index contributed by atoms with van der Waals surface area (Å²) < 4.78 is 19.5. The van der Waals surface area contributed by atoms with Crippen LogP contribution in [0, 0.1) is 5.82 Å². The van der Waals surface area contributed by atoms with E-state index >= 15 is 0 Å². The zero-order valence-corrected chi connectivity index (χ0v) is 19.5. The zero-order chi connectivity index (χ0) is 24.7. The van der Waals surface area contributed by atoms with Crippen LogP contribution in [0.5, 0.6) is 5.75 Å². The average Bonchev–Trinajstić information content (AvgIpc) is 3.44. The Balaban J connectivity index is 1.40. The molecule has 0 bridgehead atoms. The minimum atomic E-state index is -0.987. The predicted octanol–water partition coefficient (Wildman–Crippen LogP) is 5.07. The quantitative estimate of drug-likeness (QED) is 0.434. The molecule has 5 nitrogen and oxygen atoms in total. The lowest BCUT2D eigenvalue weighted by molar-refractivity contribution is -0.0436. The summed E-state index contributed by atoms with van der Waals surface area (Å²) in [7, 11) is 0. The lowest BCUT2D eigenvalue weighted by Crippen LogP contribution is -2.51. The van der Waals surface area contributed by atoms with Crippen molar-refractivity contribution in [2.45, 2.75) is 18.5 Å². The van der Waals surface area contributed by atoms with Crippen molar-refractivity contribution in [3.05, 3.63) is 137 Å². The largest absolute Gasteiger partial charge is 0.489 e. The number of carbonyl (C=O) groups is 1. The Morgan fingerprint density at radius 2 is 1.58 bits per heavy atom. The van der Waals surface area contributed by atoms with Crippen molar-refractivity contribution in [1.82, 2.24) is 9.80 Å². The normalized spacial score (nSPS) is 20.7. The first-order valence-electron chi connectivity index (χ1n) is 12.0. The highest BCUT2D eigenvalue weighted by molar-refractivity contribution is 5.95. The second kappa shape index (κ2) is 8.90. The van der Waals surface area contributed by atoms with E-state index in [4.69, 9.17) is 4.74 Å². The number of fused-ring (bicyclic) bond motifs is 3. The van der Waals surface area contributed by atoms with Gasteiger partial charge in [0.25, 0.3) is 5.91 Å². The summed E-state index contributed by atoms with van der Waals surface area (Å²) in [6.45, 7) is 1.37. The van der Waals surface area contributed by atoms with Crippen LogP contribution in [0.25, 0.3) is 0 Å². The molecule has 180 valence electrons. The molecule has 1 amide bonds. The first-order valence-corrected chi connectivity index (χ1v) is 12.0. The maximum atomic E-state index is 13.8. The molecule has 1 fully saturated rings. The summed E-state index contributed by atoms with van der Waals surface area (Å²) in [4.78, 5) is 17.5. The number of amides is 1. The minimum Gasteiger partial charge on any atom is -0.489 e. The van der Waals surface area contributed by atoms with Crippen molar-refractivity contribution in [2.75, 3.05) is 13.1 Å². The summed E-state index contributed by atoms with van der Waals surface area (Å²) >= 11 is 0. The van der Waals surface area contributed by atoms with Crippen molar-refractivity contribution in [1.29, 1.82) is 0 Å². The molecule has 0 saturated carbocycles. The van der Waals surface area contributed by atoms with Crippen LogP contribution in [0.15, 0.2) is 103 Å². The van der Waals surface area contributed by atoms with E-state index in [1.54, 1.807) is 4.90 Å². The Morgan fingerprint density at radius 1 is 0.889 bits per heavy atom. The molecule has 4 aromatic rings. The van der Waals surface area contributed by atoms with E-state index in [1.807, 2.05) is 83.8 Å². The maximum Gasteiger partial charge on any atom is 0.255 e. The summed E-state index contributed by atoms with van der Waals surface area (Å²) in [6.07, 6.45) is -0.846. The second-order valence-electron chi connectivity index (χ2n) is 9.09. The van der Waals surface area contributed by atoms with Crippen molar-refractivity contribution in [2.24, 2.45) is 0 Å². The molecule has 6 rings (SSSR count). The number of aliphatic hydroxyl groups is 1. The van der Waals surface area contributed by atoms with E-state index in [1.165, 1.54) is 24.3 Å². The van der Waals surface area contributed by atoms with Gasteiger partial charge < -0.3 is 14.7 Å². The van der Waals surface area contributed by atoms with E-state index in [2.05, 4.69) is 0 Å². The van der Waals surface area contributed by atoms with E-state index < -0.39 is 17.7 Å². The molecule has 0 radical (unpaired) electrons. The second-order valence-corrected chi connectivity index (χ2v) is 9.09. The Labute approximate surface area is 209 Å². The predicted molar refractivity (Wildman–Crippen MR) is 134 cm³/mol. The molecule has 36 heavy (non-hydrogen) atoms. The molecule has 1 N–H and O–H groups in total. The fourth-order valence-electron chi connectivity index (χ4n) is 5.49. The van der Waals surface area contributed by atoms with Gasteiger partial charge in [-0.1, -0.05) is 66.7 Å². The van der Waals surface area contributed by atoms with Gasteiger partial charge in [-0.15, -0.1) is 0 Å². The molecule has 0 spiro atoms. The van der Waals surface area contributed by atoms with Crippen LogP contribution in [0.1, 0.15) is 38.8 Å². The van der Waals surface area contributed by atoms with Crippen molar-refractivity contribution >= 4 is 5.91 Å². The molecule has 2 aliphatic rings. The third-order valence-electron chi connectivity index (χ3n) is 7.12. The Morgan fingerprint density at radius 3 is 2.33 bits per heavy atom. The van der Waals surface area contributed by atoms with Crippen LogP contribution in [-0.2, 0) is 12.3 Å². The lowest BCUT2D eigenvalue weighted by Gasteiger charge is -2.41. The third kappa shape index (κ3) is 3.49. The molecular formula is C30H25FN2O3. The fraction of sp³-hybridized carbons (Fsp3) is 0.167. The number of hydrogen-bond donors (Lipinski definition) is 1. The van der Waals surface area contributed by atoms with E-state index in [0.717, 1.165) is 22.3 Å². The minimum absolute atomic E-state index is 0.217. The summed E-state index contributed by atoms with van der Waals surface area (Å²) in [5, 5.41) is 11.3. The number of carbonyl (C=O) groups excluding carboxylic acids is 1. The molecule has 2 unspecified atom stereocenters. The van der Waals surface area contributed by atoms with Gasteiger partial charge in [-0.3, -0.25) is 4.79 Å². The molecule has 2 atom stereocenters. The molecule has 4 aromatic carbocycles. The highest BCUT2D eigenvalue weighted by Crippen LogP contribution is 2.54. The summed E-state index contributed by atoms with van der Waals surface area (Å²) in [5.41, 5.74) is 2.98. The van der Waals surface area contributed by atoms with Crippen molar-refractivity contribution in [3.8, 4) is 5.75 Å². The average molecular weight is 481 g/mol. The SMILES string of the molecule is O=C(c1ccc(F)cc1)N1CCN2C(O)c3ccccc3C12c1ccc(OCc2ccccc2)cc1. The van der Waals surface area contributed by atoms with Crippen LogP contribution >= 0.6 is 0 Å². The molecule has 2 aliphatic heterocycles. The molecular weight excluding hydrogens is 455 g/mol.